The summed E-state index contributed by atoms with van der Waals surface area (Å²) in [6.45, 7) is 0.430. The molecule has 2 N–H and O–H groups in total. The van der Waals surface area contributed by atoms with Crippen LogP contribution in [-0.4, -0.2) is 21.0 Å². The van der Waals surface area contributed by atoms with Crippen molar-refractivity contribution in [2.24, 2.45) is 0 Å². The van der Waals surface area contributed by atoms with Crippen molar-refractivity contribution in [3.05, 3.63) is 52.9 Å². The number of aromatic nitrogens is 2. The summed E-state index contributed by atoms with van der Waals surface area (Å²) >= 11 is 5.86. The molecular weight excluding hydrogens is 254 g/mol. The number of aromatic carboxylic acids is 1. The molecule has 0 unspecified atom stereocenters. The summed E-state index contributed by atoms with van der Waals surface area (Å²) in [7, 11) is 0. The van der Waals surface area contributed by atoms with E-state index in [0.29, 0.717) is 11.6 Å². The molecule has 0 amide bonds. The summed E-state index contributed by atoms with van der Waals surface area (Å²) < 4.78 is 0. The third kappa shape index (κ3) is 2.95. The molecular formula is C12H10ClN3O2. The molecule has 18 heavy (non-hydrogen) atoms. The average molecular weight is 264 g/mol. The SMILES string of the molecule is O=C(O)c1nccnc1NCc1cccc(Cl)c1. The summed E-state index contributed by atoms with van der Waals surface area (Å²) in [5, 5.41) is 12.5. The van der Waals surface area contributed by atoms with Crippen molar-refractivity contribution >= 4 is 23.4 Å². The topological polar surface area (TPSA) is 75.1 Å². The monoisotopic (exact) mass is 263 g/mol. The lowest BCUT2D eigenvalue weighted by Gasteiger charge is -2.07. The van der Waals surface area contributed by atoms with E-state index in [4.69, 9.17) is 16.7 Å². The lowest BCUT2D eigenvalue weighted by molar-refractivity contribution is 0.0691. The average Bonchev–Trinajstić information content (AvgIpc) is 2.37. The number of carbonyl (C=O) groups is 1. The molecule has 0 bridgehead atoms. The van der Waals surface area contributed by atoms with E-state index in [2.05, 4.69) is 15.3 Å². The van der Waals surface area contributed by atoms with Crippen molar-refractivity contribution in [3.8, 4) is 0 Å². The number of rotatable bonds is 4. The van der Waals surface area contributed by atoms with E-state index in [0.717, 1.165) is 5.56 Å². The summed E-state index contributed by atoms with van der Waals surface area (Å²) in [4.78, 5) is 18.6. The van der Waals surface area contributed by atoms with Crippen LogP contribution in [0.4, 0.5) is 5.82 Å². The number of hydrogen-bond donors (Lipinski definition) is 2. The maximum Gasteiger partial charge on any atom is 0.358 e. The molecule has 0 aliphatic heterocycles. The zero-order chi connectivity index (χ0) is 13.0. The van der Waals surface area contributed by atoms with Gasteiger partial charge in [-0.1, -0.05) is 23.7 Å². The number of carboxylic acid groups (broad SMARTS) is 1. The fourth-order valence-electron chi connectivity index (χ4n) is 1.46. The van der Waals surface area contributed by atoms with Crippen molar-refractivity contribution in [2.75, 3.05) is 5.32 Å². The Morgan fingerprint density at radius 1 is 1.33 bits per heavy atom. The highest BCUT2D eigenvalue weighted by atomic mass is 35.5. The van der Waals surface area contributed by atoms with Crippen molar-refractivity contribution in [2.45, 2.75) is 6.54 Å². The number of halogens is 1. The van der Waals surface area contributed by atoms with E-state index < -0.39 is 5.97 Å². The molecule has 0 atom stereocenters. The van der Waals surface area contributed by atoms with Crippen molar-refractivity contribution in [1.29, 1.82) is 0 Å². The third-order valence-corrected chi connectivity index (χ3v) is 2.48. The third-order valence-electron chi connectivity index (χ3n) is 2.25. The zero-order valence-corrected chi connectivity index (χ0v) is 10.1. The van der Waals surface area contributed by atoms with Crippen LogP contribution >= 0.6 is 11.6 Å². The molecule has 0 saturated heterocycles. The van der Waals surface area contributed by atoms with E-state index >= 15 is 0 Å². The van der Waals surface area contributed by atoms with E-state index in [1.807, 2.05) is 12.1 Å². The molecule has 0 fully saturated rings. The fraction of sp³-hybridized carbons (Fsp3) is 0.0833. The molecule has 5 nitrogen and oxygen atoms in total. The first-order valence-electron chi connectivity index (χ1n) is 5.19. The van der Waals surface area contributed by atoms with Gasteiger partial charge in [-0.05, 0) is 17.7 Å². The van der Waals surface area contributed by atoms with Gasteiger partial charge in [0, 0.05) is 24.0 Å². The van der Waals surface area contributed by atoms with Gasteiger partial charge >= 0.3 is 5.97 Å². The number of nitrogens with one attached hydrogen (secondary N) is 1. The number of carboxylic acids is 1. The van der Waals surface area contributed by atoms with Gasteiger partial charge < -0.3 is 10.4 Å². The van der Waals surface area contributed by atoms with Gasteiger partial charge in [-0.2, -0.15) is 0 Å². The van der Waals surface area contributed by atoms with Crippen molar-refractivity contribution in [1.82, 2.24) is 9.97 Å². The van der Waals surface area contributed by atoms with Crippen LogP contribution in [-0.2, 0) is 6.54 Å². The summed E-state index contributed by atoms with van der Waals surface area (Å²) in [5.74, 6) is -0.873. The quantitative estimate of drug-likeness (QED) is 0.886. The van der Waals surface area contributed by atoms with Gasteiger partial charge in [0.2, 0.25) is 0 Å². The molecule has 2 rings (SSSR count). The Bertz CT molecular complexity index is 575. The number of anilines is 1. The van der Waals surface area contributed by atoms with Gasteiger partial charge in [0.25, 0.3) is 0 Å². The van der Waals surface area contributed by atoms with Crippen molar-refractivity contribution < 1.29 is 9.90 Å². The van der Waals surface area contributed by atoms with Crippen LogP contribution in [0.3, 0.4) is 0 Å². The van der Waals surface area contributed by atoms with Crippen LogP contribution in [0, 0.1) is 0 Å². The molecule has 1 aromatic heterocycles. The molecule has 6 heteroatoms. The smallest absolute Gasteiger partial charge is 0.358 e. The second-order valence-electron chi connectivity index (χ2n) is 3.54. The predicted octanol–water partition coefficient (Wildman–Crippen LogP) is 2.44. The van der Waals surface area contributed by atoms with Gasteiger partial charge in [-0.15, -0.1) is 0 Å². The molecule has 0 spiro atoms. The van der Waals surface area contributed by atoms with Gasteiger partial charge in [-0.3, -0.25) is 0 Å². The van der Waals surface area contributed by atoms with Crippen molar-refractivity contribution in [3.63, 3.8) is 0 Å². The highest BCUT2D eigenvalue weighted by Gasteiger charge is 2.11. The highest BCUT2D eigenvalue weighted by molar-refractivity contribution is 6.30. The van der Waals surface area contributed by atoms with E-state index in [1.54, 1.807) is 12.1 Å². The summed E-state index contributed by atoms with van der Waals surface area (Å²) in [6.07, 6.45) is 2.78. The first kappa shape index (κ1) is 12.3. The standard InChI is InChI=1S/C12H10ClN3O2/c13-9-3-1-2-8(6-9)7-16-11-10(12(17)18)14-4-5-15-11/h1-6H,7H2,(H,15,16)(H,17,18). The van der Waals surface area contributed by atoms with Crippen LogP contribution in [0.2, 0.25) is 5.02 Å². The van der Waals surface area contributed by atoms with E-state index in [-0.39, 0.29) is 11.5 Å². The molecule has 92 valence electrons. The van der Waals surface area contributed by atoms with Crippen LogP contribution in [0.25, 0.3) is 0 Å². The minimum absolute atomic E-state index is 0.0977. The summed E-state index contributed by atoms with van der Waals surface area (Å²) in [5.41, 5.74) is 0.837. The van der Waals surface area contributed by atoms with E-state index in [9.17, 15) is 4.79 Å². The van der Waals surface area contributed by atoms with Gasteiger partial charge in [0.15, 0.2) is 11.5 Å². The van der Waals surface area contributed by atoms with E-state index in [1.165, 1.54) is 12.4 Å². The Morgan fingerprint density at radius 2 is 2.11 bits per heavy atom. The Kier molecular flexibility index (Phi) is 3.74. The number of benzene rings is 1. The summed E-state index contributed by atoms with van der Waals surface area (Å²) in [6, 6.07) is 7.28. The first-order valence-corrected chi connectivity index (χ1v) is 5.57. The lowest BCUT2D eigenvalue weighted by atomic mass is 10.2. The Hall–Kier alpha value is -2.14. The predicted molar refractivity (Wildman–Crippen MR) is 67.8 cm³/mol. The highest BCUT2D eigenvalue weighted by Crippen LogP contribution is 2.13. The maximum absolute atomic E-state index is 10.9. The van der Waals surface area contributed by atoms with Crippen LogP contribution in [0.1, 0.15) is 16.1 Å². The Morgan fingerprint density at radius 3 is 2.83 bits per heavy atom. The van der Waals surface area contributed by atoms with Crippen LogP contribution in [0.5, 0.6) is 0 Å². The molecule has 2 aromatic rings. The largest absolute Gasteiger partial charge is 0.476 e. The molecule has 0 aliphatic carbocycles. The molecule has 0 saturated carbocycles. The van der Waals surface area contributed by atoms with Gasteiger partial charge in [0.05, 0.1) is 0 Å². The molecule has 1 aromatic carbocycles. The normalized spacial score (nSPS) is 10.1. The van der Waals surface area contributed by atoms with Gasteiger partial charge in [-0.25, -0.2) is 14.8 Å². The number of nitrogens with zero attached hydrogens (tertiary/aromatic N) is 2. The second kappa shape index (κ2) is 5.46. The molecule has 0 aliphatic rings. The van der Waals surface area contributed by atoms with Gasteiger partial charge in [0.1, 0.15) is 0 Å². The molecule has 0 radical (unpaired) electrons. The maximum atomic E-state index is 10.9. The molecule has 1 heterocycles. The Balaban J connectivity index is 2.13. The lowest BCUT2D eigenvalue weighted by Crippen LogP contribution is -2.10. The Labute approximate surface area is 108 Å². The number of hydrogen-bond acceptors (Lipinski definition) is 4. The fourth-order valence-corrected chi connectivity index (χ4v) is 1.67. The minimum atomic E-state index is -1.11. The van der Waals surface area contributed by atoms with Crippen LogP contribution < -0.4 is 5.32 Å². The zero-order valence-electron chi connectivity index (χ0n) is 9.30. The first-order chi connectivity index (χ1) is 8.66. The second-order valence-corrected chi connectivity index (χ2v) is 3.98. The minimum Gasteiger partial charge on any atom is -0.476 e. The van der Waals surface area contributed by atoms with Crippen LogP contribution in [0.15, 0.2) is 36.7 Å².